The summed E-state index contributed by atoms with van der Waals surface area (Å²) >= 11 is 0. The number of methoxy groups -OCH3 is 1. The lowest BCUT2D eigenvalue weighted by molar-refractivity contribution is -0.156. The first kappa shape index (κ1) is 19.9. The zero-order chi connectivity index (χ0) is 20.5. The van der Waals surface area contributed by atoms with E-state index in [1.54, 1.807) is 12.0 Å². The van der Waals surface area contributed by atoms with Crippen molar-refractivity contribution in [3.63, 3.8) is 0 Å². The van der Waals surface area contributed by atoms with Crippen LogP contribution in [-0.2, 0) is 20.7 Å². The van der Waals surface area contributed by atoms with E-state index in [9.17, 15) is 13.6 Å². The van der Waals surface area contributed by atoms with Crippen molar-refractivity contribution in [1.82, 2.24) is 4.90 Å². The Hall–Kier alpha value is -2.35. The number of fused-ring (bicyclic) bond motifs is 1. The number of nitrogens with two attached hydrogens (primary N) is 1. The van der Waals surface area contributed by atoms with Crippen LogP contribution in [0, 0.1) is 11.6 Å². The molecule has 0 unspecified atom stereocenters. The van der Waals surface area contributed by atoms with Gasteiger partial charge in [-0.05, 0) is 23.6 Å². The van der Waals surface area contributed by atoms with E-state index < -0.39 is 23.8 Å². The lowest BCUT2D eigenvalue weighted by Gasteiger charge is -2.41. The van der Waals surface area contributed by atoms with Crippen LogP contribution >= 0.6 is 0 Å². The van der Waals surface area contributed by atoms with E-state index in [1.807, 2.05) is 24.3 Å². The van der Waals surface area contributed by atoms with Crippen molar-refractivity contribution in [2.45, 2.75) is 37.1 Å². The van der Waals surface area contributed by atoms with Gasteiger partial charge in [0.05, 0.1) is 18.8 Å². The van der Waals surface area contributed by atoms with Crippen molar-refractivity contribution >= 4 is 5.91 Å². The largest absolute Gasteiger partial charge is 0.377 e. The summed E-state index contributed by atoms with van der Waals surface area (Å²) in [5.41, 5.74) is 8.29. The molecule has 0 aliphatic carbocycles. The Labute approximate surface area is 168 Å². The molecule has 1 amide bonds. The number of ether oxygens (including phenoxy) is 2. The van der Waals surface area contributed by atoms with Gasteiger partial charge in [0.1, 0.15) is 17.7 Å². The van der Waals surface area contributed by atoms with Gasteiger partial charge in [-0.15, -0.1) is 0 Å². The standard InChI is InChI=1S/C22H24F2N2O3/c1-28-20-12-29-19(11-18(20)25)22(27)26-9-8-13-4-2-3-5-15(13)21(26)16-7-6-14(23)10-17(16)24/h2-7,10,18-21H,8-9,11-12,25H2,1H3/t18-,19+,20+,21+/m0/s1. The Bertz CT molecular complexity index is 907. The summed E-state index contributed by atoms with van der Waals surface area (Å²) in [6.07, 6.45) is 0.00794. The summed E-state index contributed by atoms with van der Waals surface area (Å²) in [7, 11) is 1.56. The van der Waals surface area contributed by atoms with Crippen molar-refractivity contribution < 1.29 is 23.0 Å². The third kappa shape index (κ3) is 3.77. The maximum Gasteiger partial charge on any atom is 0.252 e. The molecular weight excluding hydrogens is 378 g/mol. The van der Waals surface area contributed by atoms with Gasteiger partial charge in [-0.2, -0.15) is 0 Å². The molecule has 2 aromatic carbocycles. The van der Waals surface area contributed by atoms with Crippen molar-refractivity contribution in [1.29, 1.82) is 0 Å². The molecule has 1 saturated heterocycles. The highest BCUT2D eigenvalue weighted by atomic mass is 19.1. The van der Waals surface area contributed by atoms with E-state index in [4.69, 9.17) is 15.2 Å². The van der Waals surface area contributed by atoms with E-state index in [1.165, 1.54) is 12.1 Å². The van der Waals surface area contributed by atoms with Gasteiger partial charge in [0.2, 0.25) is 0 Å². The van der Waals surface area contributed by atoms with Crippen LogP contribution in [0.3, 0.4) is 0 Å². The van der Waals surface area contributed by atoms with Gasteiger partial charge >= 0.3 is 0 Å². The molecule has 4 atom stereocenters. The molecule has 7 heteroatoms. The zero-order valence-corrected chi connectivity index (χ0v) is 16.2. The van der Waals surface area contributed by atoms with Crippen LogP contribution in [-0.4, -0.2) is 49.3 Å². The average Bonchev–Trinajstić information content (AvgIpc) is 2.72. The van der Waals surface area contributed by atoms with E-state index in [0.29, 0.717) is 19.4 Å². The normalized spacial score (nSPS) is 26.8. The van der Waals surface area contributed by atoms with Crippen LogP contribution in [0.4, 0.5) is 8.78 Å². The summed E-state index contributed by atoms with van der Waals surface area (Å²) in [6.45, 7) is 0.647. The fourth-order valence-electron chi connectivity index (χ4n) is 4.26. The van der Waals surface area contributed by atoms with Crippen molar-refractivity contribution in [3.05, 3.63) is 70.8 Å². The Balaban J connectivity index is 1.69. The monoisotopic (exact) mass is 402 g/mol. The number of carbonyl (C=O) groups excluding carboxylic acids is 1. The van der Waals surface area contributed by atoms with Gasteiger partial charge in [0.15, 0.2) is 0 Å². The molecule has 29 heavy (non-hydrogen) atoms. The fourth-order valence-corrected chi connectivity index (χ4v) is 4.26. The molecule has 5 nitrogen and oxygen atoms in total. The highest BCUT2D eigenvalue weighted by Gasteiger charge is 2.40. The van der Waals surface area contributed by atoms with Crippen LogP contribution in [0.15, 0.2) is 42.5 Å². The average molecular weight is 402 g/mol. The highest BCUT2D eigenvalue weighted by Crippen LogP contribution is 2.37. The SMILES string of the molecule is CO[C@@H]1CO[C@@H](C(=O)N2CCc3ccccc3[C@@H]2c2ccc(F)cc2F)C[C@@H]1N. The van der Waals surface area contributed by atoms with Crippen LogP contribution in [0.5, 0.6) is 0 Å². The van der Waals surface area contributed by atoms with E-state index in [2.05, 4.69) is 0 Å². The molecule has 2 heterocycles. The number of hydrogen-bond acceptors (Lipinski definition) is 4. The number of hydrogen-bond donors (Lipinski definition) is 1. The van der Waals surface area contributed by atoms with Gasteiger partial charge in [-0.25, -0.2) is 8.78 Å². The first-order chi connectivity index (χ1) is 14.0. The highest BCUT2D eigenvalue weighted by molar-refractivity contribution is 5.82. The fraction of sp³-hybridized carbons (Fsp3) is 0.409. The van der Waals surface area contributed by atoms with Crippen LogP contribution < -0.4 is 5.73 Å². The minimum atomic E-state index is -0.715. The second-order valence-electron chi connectivity index (χ2n) is 7.54. The van der Waals surface area contributed by atoms with Gasteiger partial charge in [0.25, 0.3) is 5.91 Å². The van der Waals surface area contributed by atoms with Crippen LogP contribution in [0.1, 0.15) is 29.2 Å². The maximum absolute atomic E-state index is 14.7. The second kappa shape index (κ2) is 8.18. The second-order valence-corrected chi connectivity index (χ2v) is 7.54. The summed E-state index contributed by atoms with van der Waals surface area (Å²) in [5, 5.41) is 0. The molecular formula is C22H24F2N2O3. The van der Waals surface area contributed by atoms with Crippen molar-refractivity contribution in [2.75, 3.05) is 20.3 Å². The third-order valence-corrected chi connectivity index (χ3v) is 5.83. The molecule has 0 aromatic heterocycles. The molecule has 2 N–H and O–H groups in total. The summed E-state index contributed by atoms with van der Waals surface area (Å²) in [4.78, 5) is 15.0. The number of nitrogens with zero attached hydrogens (tertiary/aromatic N) is 1. The summed E-state index contributed by atoms with van der Waals surface area (Å²) in [6, 6.07) is 10.2. The minimum Gasteiger partial charge on any atom is -0.377 e. The number of benzene rings is 2. The molecule has 154 valence electrons. The van der Waals surface area contributed by atoms with E-state index >= 15 is 0 Å². The summed E-state index contributed by atoms with van der Waals surface area (Å²) in [5.74, 6) is -1.57. The number of amides is 1. The Morgan fingerprint density at radius 1 is 1.21 bits per heavy atom. The quantitative estimate of drug-likeness (QED) is 0.857. The summed E-state index contributed by atoms with van der Waals surface area (Å²) < 4.78 is 39.2. The molecule has 2 aliphatic heterocycles. The molecule has 0 saturated carbocycles. The maximum atomic E-state index is 14.7. The van der Waals surface area contributed by atoms with Crippen molar-refractivity contribution in [2.24, 2.45) is 5.73 Å². The van der Waals surface area contributed by atoms with Gasteiger partial charge < -0.3 is 20.1 Å². The first-order valence-electron chi connectivity index (χ1n) is 9.72. The topological polar surface area (TPSA) is 64.8 Å². The third-order valence-electron chi connectivity index (χ3n) is 5.83. The predicted molar refractivity (Wildman–Crippen MR) is 103 cm³/mol. The number of carbonyl (C=O) groups is 1. The van der Waals surface area contributed by atoms with E-state index in [0.717, 1.165) is 17.2 Å². The van der Waals surface area contributed by atoms with Crippen LogP contribution in [0.25, 0.3) is 0 Å². The molecule has 1 fully saturated rings. The van der Waals surface area contributed by atoms with Crippen molar-refractivity contribution in [3.8, 4) is 0 Å². The van der Waals surface area contributed by atoms with Gasteiger partial charge in [0, 0.05) is 37.7 Å². The van der Waals surface area contributed by atoms with Gasteiger partial charge in [-0.1, -0.05) is 30.3 Å². The lowest BCUT2D eigenvalue weighted by Crippen LogP contribution is -2.54. The number of rotatable bonds is 3. The lowest BCUT2D eigenvalue weighted by atomic mass is 9.87. The van der Waals surface area contributed by atoms with E-state index in [-0.39, 0.29) is 30.2 Å². The predicted octanol–water partition coefficient (Wildman–Crippen LogP) is 2.57. The van der Waals surface area contributed by atoms with Crippen LogP contribution in [0.2, 0.25) is 0 Å². The Morgan fingerprint density at radius 3 is 2.72 bits per heavy atom. The Morgan fingerprint density at radius 2 is 2.00 bits per heavy atom. The Kier molecular flexibility index (Phi) is 5.63. The van der Waals surface area contributed by atoms with Gasteiger partial charge in [-0.3, -0.25) is 4.79 Å². The molecule has 4 rings (SSSR count). The smallest absolute Gasteiger partial charge is 0.252 e. The molecule has 0 spiro atoms. The molecule has 2 aliphatic rings. The molecule has 0 radical (unpaired) electrons. The molecule has 0 bridgehead atoms. The minimum absolute atomic E-state index is 0.230. The zero-order valence-electron chi connectivity index (χ0n) is 16.2. The molecule has 2 aromatic rings. The number of halogens is 2. The first-order valence-corrected chi connectivity index (χ1v) is 9.72.